The Hall–Kier alpha value is -0.0100. The van der Waals surface area contributed by atoms with Gasteiger partial charge >= 0.3 is 0 Å². The highest BCUT2D eigenvalue weighted by Gasteiger charge is 2.14. The van der Waals surface area contributed by atoms with E-state index in [2.05, 4.69) is 19.9 Å². The van der Waals surface area contributed by atoms with Gasteiger partial charge in [0.2, 0.25) is 0 Å². The number of allylic oxidation sites excluding steroid dienone is 1. The lowest BCUT2D eigenvalue weighted by molar-refractivity contribution is 0.0281. The SMILES string of the molecule is CC(C)OC1C=CC(Cl)CC1. The maximum Gasteiger partial charge on any atom is 0.0760 e. The van der Waals surface area contributed by atoms with E-state index in [1.807, 2.05) is 6.08 Å². The van der Waals surface area contributed by atoms with E-state index < -0.39 is 0 Å². The summed E-state index contributed by atoms with van der Waals surface area (Å²) in [4.78, 5) is 0. The van der Waals surface area contributed by atoms with Crippen LogP contribution < -0.4 is 0 Å². The first-order chi connectivity index (χ1) is 5.18. The van der Waals surface area contributed by atoms with Gasteiger partial charge in [-0.15, -0.1) is 11.6 Å². The highest BCUT2D eigenvalue weighted by molar-refractivity contribution is 6.21. The Morgan fingerprint density at radius 3 is 2.55 bits per heavy atom. The van der Waals surface area contributed by atoms with E-state index in [9.17, 15) is 0 Å². The number of ether oxygens (including phenoxy) is 1. The molecule has 0 saturated carbocycles. The smallest absolute Gasteiger partial charge is 0.0760 e. The van der Waals surface area contributed by atoms with Crippen molar-refractivity contribution < 1.29 is 4.74 Å². The van der Waals surface area contributed by atoms with Gasteiger partial charge < -0.3 is 4.74 Å². The van der Waals surface area contributed by atoms with Crippen molar-refractivity contribution in [1.82, 2.24) is 0 Å². The van der Waals surface area contributed by atoms with Gasteiger partial charge in [0.25, 0.3) is 0 Å². The normalized spacial score (nSPS) is 31.3. The third-order valence-corrected chi connectivity index (χ3v) is 2.07. The summed E-state index contributed by atoms with van der Waals surface area (Å²) < 4.78 is 5.59. The van der Waals surface area contributed by atoms with Gasteiger partial charge in [-0.25, -0.2) is 0 Å². The minimum absolute atomic E-state index is 0.224. The van der Waals surface area contributed by atoms with E-state index in [0.29, 0.717) is 12.2 Å². The topological polar surface area (TPSA) is 9.23 Å². The predicted octanol–water partition coefficient (Wildman–Crippen LogP) is 2.74. The summed E-state index contributed by atoms with van der Waals surface area (Å²) in [5.74, 6) is 0. The van der Waals surface area contributed by atoms with Crippen molar-refractivity contribution in [2.75, 3.05) is 0 Å². The van der Waals surface area contributed by atoms with Gasteiger partial charge in [-0.2, -0.15) is 0 Å². The molecule has 2 atom stereocenters. The molecule has 0 aromatic heterocycles. The monoisotopic (exact) mass is 174 g/mol. The van der Waals surface area contributed by atoms with Crippen LogP contribution in [0.25, 0.3) is 0 Å². The lowest BCUT2D eigenvalue weighted by atomic mass is 10.0. The lowest BCUT2D eigenvalue weighted by Gasteiger charge is -2.21. The molecule has 64 valence electrons. The fourth-order valence-electron chi connectivity index (χ4n) is 1.22. The van der Waals surface area contributed by atoms with Crippen molar-refractivity contribution in [3.63, 3.8) is 0 Å². The average Bonchev–Trinajstić information content (AvgIpc) is 1.93. The largest absolute Gasteiger partial charge is 0.372 e. The van der Waals surface area contributed by atoms with E-state index in [0.717, 1.165) is 12.8 Å². The molecule has 0 spiro atoms. The van der Waals surface area contributed by atoms with Crippen molar-refractivity contribution in [1.29, 1.82) is 0 Å². The zero-order valence-electron chi connectivity index (χ0n) is 7.09. The van der Waals surface area contributed by atoms with Crippen molar-refractivity contribution in [2.24, 2.45) is 0 Å². The Morgan fingerprint density at radius 1 is 1.36 bits per heavy atom. The Balaban J connectivity index is 2.32. The first-order valence-corrected chi connectivity index (χ1v) is 4.60. The number of hydrogen-bond donors (Lipinski definition) is 0. The van der Waals surface area contributed by atoms with E-state index >= 15 is 0 Å². The highest BCUT2D eigenvalue weighted by atomic mass is 35.5. The summed E-state index contributed by atoms with van der Waals surface area (Å²) >= 11 is 5.88. The standard InChI is InChI=1S/C9H15ClO/c1-7(2)11-9-5-3-8(10)4-6-9/h3,5,7-9H,4,6H2,1-2H3. The molecule has 1 aliphatic rings. The van der Waals surface area contributed by atoms with Crippen LogP contribution in [0.15, 0.2) is 12.2 Å². The predicted molar refractivity (Wildman–Crippen MR) is 48.0 cm³/mol. The van der Waals surface area contributed by atoms with Gasteiger partial charge in [0.15, 0.2) is 0 Å². The minimum Gasteiger partial charge on any atom is -0.372 e. The van der Waals surface area contributed by atoms with Gasteiger partial charge in [0, 0.05) is 0 Å². The van der Waals surface area contributed by atoms with E-state index in [4.69, 9.17) is 16.3 Å². The van der Waals surface area contributed by atoms with Crippen LogP contribution >= 0.6 is 11.6 Å². The van der Waals surface area contributed by atoms with Crippen molar-refractivity contribution in [3.8, 4) is 0 Å². The van der Waals surface area contributed by atoms with Crippen LogP contribution in [-0.4, -0.2) is 17.6 Å². The molecule has 2 heteroatoms. The van der Waals surface area contributed by atoms with Gasteiger partial charge in [-0.3, -0.25) is 0 Å². The second-order valence-corrected chi connectivity index (χ2v) is 3.76. The Morgan fingerprint density at radius 2 is 2.09 bits per heavy atom. The molecule has 1 nitrogen and oxygen atoms in total. The Bertz CT molecular complexity index is 142. The van der Waals surface area contributed by atoms with Crippen LogP contribution in [0.3, 0.4) is 0 Å². The van der Waals surface area contributed by atoms with Crippen molar-refractivity contribution >= 4 is 11.6 Å². The summed E-state index contributed by atoms with van der Waals surface area (Å²) in [6.07, 6.45) is 6.80. The molecular formula is C9H15ClO. The molecule has 2 unspecified atom stereocenters. The number of hydrogen-bond acceptors (Lipinski definition) is 1. The second-order valence-electron chi connectivity index (χ2n) is 3.20. The van der Waals surface area contributed by atoms with Crippen molar-refractivity contribution in [2.45, 2.75) is 44.3 Å². The Labute approximate surface area is 73.4 Å². The molecule has 0 fully saturated rings. The lowest BCUT2D eigenvalue weighted by Crippen LogP contribution is -2.20. The Kier molecular flexibility index (Phi) is 3.41. The fraction of sp³-hybridized carbons (Fsp3) is 0.778. The van der Waals surface area contributed by atoms with Crippen LogP contribution in [0.5, 0.6) is 0 Å². The summed E-state index contributed by atoms with van der Waals surface area (Å²) in [7, 11) is 0. The zero-order valence-corrected chi connectivity index (χ0v) is 7.84. The molecule has 0 radical (unpaired) electrons. The molecule has 11 heavy (non-hydrogen) atoms. The first kappa shape index (κ1) is 9.08. The average molecular weight is 175 g/mol. The minimum atomic E-state index is 0.224. The molecule has 1 aliphatic carbocycles. The maximum atomic E-state index is 5.88. The van der Waals surface area contributed by atoms with E-state index in [1.54, 1.807) is 0 Å². The maximum absolute atomic E-state index is 5.88. The number of alkyl halides is 1. The van der Waals surface area contributed by atoms with Gasteiger partial charge in [-0.05, 0) is 26.7 Å². The summed E-state index contributed by atoms with van der Waals surface area (Å²) in [6, 6.07) is 0. The molecule has 0 bridgehead atoms. The third-order valence-electron chi connectivity index (χ3n) is 1.71. The van der Waals surface area contributed by atoms with Crippen LogP contribution in [0, 0.1) is 0 Å². The number of halogens is 1. The molecule has 0 N–H and O–H groups in total. The summed E-state index contributed by atoms with van der Waals surface area (Å²) in [6.45, 7) is 4.11. The van der Waals surface area contributed by atoms with E-state index in [-0.39, 0.29) is 5.38 Å². The van der Waals surface area contributed by atoms with Crippen LogP contribution in [0.1, 0.15) is 26.7 Å². The van der Waals surface area contributed by atoms with E-state index in [1.165, 1.54) is 0 Å². The molecule has 1 rings (SSSR count). The number of rotatable bonds is 2. The molecular weight excluding hydrogens is 160 g/mol. The highest BCUT2D eigenvalue weighted by Crippen LogP contribution is 2.19. The van der Waals surface area contributed by atoms with Crippen molar-refractivity contribution in [3.05, 3.63) is 12.2 Å². The summed E-state index contributed by atoms with van der Waals surface area (Å²) in [5.41, 5.74) is 0. The van der Waals surface area contributed by atoms with Crippen LogP contribution in [0.2, 0.25) is 0 Å². The first-order valence-electron chi connectivity index (χ1n) is 4.16. The van der Waals surface area contributed by atoms with Gasteiger partial charge in [0.1, 0.15) is 0 Å². The van der Waals surface area contributed by atoms with Gasteiger partial charge in [0.05, 0.1) is 17.6 Å². The molecule has 0 heterocycles. The quantitative estimate of drug-likeness (QED) is 0.462. The molecule has 0 amide bonds. The molecule has 0 saturated heterocycles. The van der Waals surface area contributed by atoms with Crippen LogP contribution in [-0.2, 0) is 4.74 Å². The van der Waals surface area contributed by atoms with Crippen LogP contribution in [0.4, 0.5) is 0 Å². The van der Waals surface area contributed by atoms with Gasteiger partial charge in [-0.1, -0.05) is 12.2 Å². The molecule has 0 aromatic carbocycles. The summed E-state index contributed by atoms with van der Waals surface area (Å²) in [5, 5.41) is 0.224. The fourth-order valence-corrected chi connectivity index (χ4v) is 1.43. The zero-order chi connectivity index (χ0) is 8.27. The third kappa shape index (κ3) is 3.26. The molecule has 0 aliphatic heterocycles. The second kappa shape index (κ2) is 4.13. The molecule has 0 aromatic rings.